The molecular weight excluding hydrogens is 252 g/mol. The summed E-state index contributed by atoms with van der Waals surface area (Å²) in [5.74, 6) is 0. The SMILES string of the molecule is C=CCON=C1CC(OO)N(C(=O)OC(C)(C)C)C1. The Bertz CT molecular complexity index is 362. The molecule has 1 heterocycles. The van der Waals surface area contributed by atoms with Crippen molar-refractivity contribution in [3.05, 3.63) is 12.7 Å². The number of likely N-dealkylation sites (tertiary alicyclic amines) is 1. The third-order valence-electron chi connectivity index (χ3n) is 2.25. The number of hydrogen-bond acceptors (Lipinski definition) is 6. The Morgan fingerprint density at radius 3 is 2.84 bits per heavy atom. The van der Waals surface area contributed by atoms with Gasteiger partial charge in [0.1, 0.15) is 12.2 Å². The van der Waals surface area contributed by atoms with Gasteiger partial charge in [-0.3, -0.25) is 4.90 Å². The maximum absolute atomic E-state index is 11.9. The van der Waals surface area contributed by atoms with E-state index in [-0.39, 0.29) is 19.6 Å². The Morgan fingerprint density at radius 2 is 2.32 bits per heavy atom. The van der Waals surface area contributed by atoms with Gasteiger partial charge in [0.2, 0.25) is 0 Å². The molecule has 1 rings (SSSR count). The second-order valence-electron chi connectivity index (χ2n) is 5.11. The fraction of sp³-hybridized carbons (Fsp3) is 0.667. The molecule has 1 saturated heterocycles. The van der Waals surface area contributed by atoms with Crippen molar-refractivity contribution in [2.24, 2.45) is 5.16 Å². The highest BCUT2D eigenvalue weighted by Gasteiger charge is 2.37. The van der Waals surface area contributed by atoms with E-state index in [0.717, 1.165) is 0 Å². The summed E-state index contributed by atoms with van der Waals surface area (Å²) in [4.78, 5) is 22.4. The summed E-state index contributed by atoms with van der Waals surface area (Å²) < 4.78 is 5.21. The van der Waals surface area contributed by atoms with Gasteiger partial charge in [-0.05, 0) is 20.8 Å². The second kappa shape index (κ2) is 6.53. The van der Waals surface area contributed by atoms with Gasteiger partial charge in [-0.25, -0.2) is 14.9 Å². The molecule has 0 saturated carbocycles. The lowest BCUT2D eigenvalue weighted by atomic mass is 10.2. The zero-order valence-corrected chi connectivity index (χ0v) is 11.5. The first-order valence-electron chi connectivity index (χ1n) is 5.96. The summed E-state index contributed by atoms with van der Waals surface area (Å²) in [5.41, 5.74) is -0.0252. The van der Waals surface area contributed by atoms with Gasteiger partial charge in [0.15, 0.2) is 6.23 Å². The number of rotatable bonds is 4. The van der Waals surface area contributed by atoms with Gasteiger partial charge < -0.3 is 9.57 Å². The van der Waals surface area contributed by atoms with E-state index in [1.54, 1.807) is 26.8 Å². The van der Waals surface area contributed by atoms with Gasteiger partial charge in [0, 0.05) is 6.42 Å². The third kappa shape index (κ3) is 4.88. The monoisotopic (exact) mass is 272 g/mol. The van der Waals surface area contributed by atoms with Gasteiger partial charge >= 0.3 is 6.09 Å². The van der Waals surface area contributed by atoms with Gasteiger partial charge in [-0.2, -0.15) is 0 Å². The molecule has 1 N–H and O–H groups in total. The molecule has 0 bridgehead atoms. The molecule has 0 aliphatic carbocycles. The summed E-state index contributed by atoms with van der Waals surface area (Å²) >= 11 is 0. The number of amides is 1. The van der Waals surface area contributed by atoms with E-state index in [9.17, 15) is 4.79 Å². The van der Waals surface area contributed by atoms with Crippen molar-refractivity contribution in [2.75, 3.05) is 13.2 Å². The lowest BCUT2D eigenvalue weighted by Gasteiger charge is -2.26. The van der Waals surface area contributed by atoms with Crippen molar-refractivity contribution < 1.29 is 24.5 Å². The standard InChI is InChI=1S/C12H20N2O5/c1-5-6-17-13-9-7-10(19-16)14(8-9)11(15)18-12(2,3)4/h5,10,16H,1,6-8H2,2-4H3. The van der Waals surface area contributed by atoms with E-state index < -0.39 is 17.9 Å². The zero-order valence-electron chi connectivity index (χ0n) is 11.5. The van der Waals surface area contributed by atoms with Crippen LogP contribution in [0, 0.1) is 0 Å². The summed E-state index contributed by atoms with van der Waals surface area (Å²) in [7, 11) is 0. The van der Waals surface area contributed by atoms with Crippen molar-refractivity contribution in [1.29, 1.82) is 0 Å². The molecule has 1 amide bonds. The second-order valence-corrected chi connectivity index (χ2v) is 5.11. The molecular formula is C12H20N2O5. The van der Waals surface area contributed by atoms with E-state index in [2.05, 4.69) is 16.6 Å². The first-order valence-corrected chi connectivity index (χ1v) is 5.96. The minimum atomic E-state index is -0.805. The molecule has 108 valence electrons. The minimum absolute atomic E-state index is 0.192. The van der Waals surface area contributed by atoms with Crippen molar-refractivity contribution in [1.82, 2.24) is 4.90 Å². The van der Waals surface area contributed by atoms with Crippen LogP contribution in [-0.2, 0) is 14.5 Å². The molecule has 0 spiro atoms. The number of hydrogen-bond donors (Lipinski definition) is 1. The van der Waals surface area contributed by atoms with Gasteiger partial charge in [0.05, 0.1) is 12.3 Å². The van der Waals surface area contributed by atoms with Gasteiger partial charge in [-0.1, -0.05) is 17.8 Å². The Morgan fingerprint density at radius 1 is 1.63 bits per heavy atom. The van der Waals surface area contributed by atoms with Crippen LogP contribution >= 0.6 is 0 Å². The van der Waals surface area contributed by atoms with E-state index >= 15 is 0 Å². The van der Waals surface area contributed by atoms with Gasteiger partial charge in [-0.15, -0.1) is 0 Å². The van der Waals surface area contributed by atoms with Crippen LogP contribution in [0.3, 0.4) is 0 Å². The van der Waals surface area contributed by atoms with Crippen LogP contribution in [0.1, 0.15) is 27.2 Å². The molecule has 1 atom stereocenters. The van der Waals surface area contributed by atoms with Crippen LogP contribution < -0.4 is 0 Å². The molecule has 0 radical (unpaired) electrons. The fourth-order valence-electron chi connectivity index (χ4n) is 1.52. The maximum Gasteiger partial charge on any atom is 0.412 e. The molecule has 19 heavy (non-hydrogen) atoms. The van der Waals surface area contributed by atoms with E-state index in [0.29, 0.717) is 5.71 Å². The summed E-state index contributed by atoms with van der Waals surface area (Å²) in [6.07, 6.45) is 0.457. The molecule has 7 nitrogen and oxygen atoms in total. The first-order chi connectivity index (χ1) is 8.87. The number of carbonyl (C=O) groups is 1. The lowest BCUT2D eigenvalue weighted by molar-refractivity contribution is -0.300. The molecule has 0 aromatic carbocycles. The highest BCUT2D eigenvalue weighted by molar-refractivity contribution is 5.91. The largest absolute Gasteiger partial charge is 0.444 e. The van der Waals surface area contributed by atoms with Crippen molar-refractivity contribution in [2.45, 2.75) is 39.0 Å². The van der Waals surface area contributed by atoms with Crippen LogP contribution in [-0.4, -0.2) is 46.9 Å². The van der Waals surface area contributed by atoms with Crippen LogP contribution in [0.5, 0.6) is 0 Å². The van der Waals surface area contributed by atoms with Crippen LogP contribution in [0.25, 0.3) is 0 Å². The van der Waals surface area contributed by atoms with Crippen molar-refractivity contribution >= 4 is 11.8 Å². The molecule has 1 fully saturated rings. The van der Waals surface area contributed by atoms with Crippen LogP contribution in [0.4, 0.5) is 4.79 Å². The third-order valence-corrected chi connectivity index (χ3v) is 2.25. The predicted octanol–water partition coefficient (Wildman–Crippen LogP) is 2.00. The maximum atomic E-state index is 11.9. The fourth-order valence-corrected chi connectivity index (χ4v) is 1.52. The Hall–Kier alpha value is -1.60. The Balaban J connectivity index is 2.65. The summed E-state index contributed by atoms with van der Waals surface area (Å²) in [6.45, 7) is 9.25. The molecule has 0 aromatic rings. The Labute approximate surface area is 112 Å². The molecule has 1 aliphatic rings. The number of carbonyl (C=O) groups excluding carboxylic acids is 1. The van der Waals surface area contributed by atoms with Crippen LogP contribution in [0.2, 0.25) is 0 Å². The highest BCUT2D eigenvalue weighted by atomic mass is 17.1. The van der Waals surface area contributed by atoms with E-state index in [1.807, 2.05) is 0 Å². The summed E-state index contributed by atoms with van der Waals surface area (Å²) in [6, 6.07) is 0. The topological polar surface area (TPSA) is 80.6 Å². The average molecular weight is 272 g/mol. The molecule has 7 heteroatoms. The predicted molar refractivity (Wildman–Crippen MR) is 68.6 cm³/mol. The van der Waals surface area contributed by atoms with Crippen molar-refractivity contribution in [3.8, 4) is 0 Å². The first kappa shape index (κ1) is 15.5. The number of ether oxygens (including phenoxy) is 1. The van der Waals surface area contributed by atoms with Crippen LogP contribution in [0.15, 0.2) is 17.8 Å². The number of nitrogens with zero attached hydrogens (tertiary/aromatic N) is 2. The molecule has 1 aliphatic heterocycles. The quantitative estimate of drug-likeness (QED) is 0.366. The Kier molecular flexibility index (Phi) is 5.31. The lowest BCUT2D eigenvalue weighted by Crippen LogP contribution is -2.40. The number of oxime groups is 1. The minimum Gasteiger partial charge on any atom is -0.444 e. The molecule has 0 aromatic heterocycles. The van der Waals surface area contributed by atoms with E-state index in [4.69, 9.17) is 14.8 Å². The average Bonchev–Trinajstić information content (AvgIpc) is 2.70. The van der Waals surface area contributed by atoms with Gasteiger partial charge in [0.25, 0.3) is 0 Å². The smallest absolute Gasteiger partial charge is 0.412 e. The van der Waals surface area contributed by atoms with E-state index in [1.165, 1.54) is 4.90 Å². The zero-order chi connectivity index (χ0) is 14.5. The van der Waals surface area contributed by atoms with Crippen molar-refractivity contribution in [3.63, 3.8) is 0 Å². The molecule has 1 unspecified atom stereocenters. The highest BCUT2D eigenvalue weighted by Crippen LogP contribution is 2.20. The summed E-state index contributed by atoms with van der Waals surface area (Å²) in [5, 5.41) is 12.7. The normalized spacial score (nSPS) is 21.6.